The number of methoxy groups -OCH3 is 1. The lowest BCUT2D eigenvalue weighted by atomic mass is 9.95. The fourth-order valence-electron chi connectivity index (χ4n) is 5.51. The van der Waals surface area contributed by atoms with Crippen molar-refractivity contribution in [1.29, 1.82) is 0 Å². The summed E-state index contributed by atoms with van der Waals surface area (Å²) in [5, 5.41) is 3.12. The molecule has 0 bridgehead atoms. The van der Waals surface area contributed by atoms with E-state index in [0.29, 0.717) is 30.5 Å². The van der Waals surface area contributed by atoms with Crippen molar-refractivity contribution in [2.45, 2.75) is 62.6 Å². The summed E-state index contributed by atoms with van der Waals surface area (Å²) in [4.78, 5) is 29.2. The third kappa shape index (κ3) is 7.27. The van der Waals surface area contributed by atoms with Gasteiger partial charge in [0, 0.05) is 18.7 Å². The van der Waals surface area contributed by atoms with Gasteiger partial charge in [0.15, 0.2) is 11.5 Å². The number of hydrogen-bond donors (Lipinski definition) is 1. The Kier molecular flexibility index (Phi) is 9.94. The second-order valence-corrected chi connectivity index (χ2v) is 12.9. The Morgan fingerprint density at radius 1 is 0.932 bits per heavy atom. The van der Waals surface area contributed by atoms with Gasteiger partial charge in [0.25, 0.3) is 10.0 Å². The summed E-state index contributed by atoms with van der Waals surface area (Å²) in [7, 11) is -2.62. The van der Waals surface area contributed by atoms with E-state index in [1.807, 2.05) is 12.1 Å². The maximum absolute atomic E-state index is 14.2. The number of anilines is 1. The number of nitrogens with one attached hydrogen (secondary N) is 1. The first-order chi connectivity index (χ1) is 21.3. The number of hydrogen-bond acceptors (Lipinski definition) is 7. The van der Waals surface area contributed by atoms with Crippen LogP contribution in [0.15, 0.2) is 77.7 Å². The van der Waals surface area contributed by atoms with Crippen LogP contribution in [-0.2, 0) is 26.2 Å². The minimum atomic E-state index is -4.19. The highest BCUT2D eigenvalue weighted by Gasteiger charge is 2.34. The number of benzene rings is 3. The zero-order valence-corrected chi connectivity index (χ0v) is 25.9. The molecule has 2 amide bonds. The molecular formula is C33H39N3O7S. The van der Waals surface area contributed by atoms with Gasteiger partial charge in [-0.2, -0.15) is 0 Å². The van der Waals surface area contributed by atoms with Crippen LogP contribution in [0, 0.1) is 0 Å². The average Bonchev–Trinajstić information content (AvgIpc) is 3.06. The molecule has 1 N–H and O–H groups in total. The molecule has 1 atom stereocenters. The van der Waals surface area contributed by atoms with Crippen LogP contribution < -0.4 is 23.8 Å². The van der Waals surface area contributed by atoms with E-state index in [0.717, 1.165) is 42.0 Å². The Morgan fingerprint density at radius 2 is 1.61 bits per heavy atom. The molecule has 11 heteroatoms. The maximum atomic E-state index is 14.2. The molecule has 2 aliphatic rings. The van der Waals surface area contributed by atoms with Crippen LogP contribution in [-0.4, -0.2) is 64.1 Å². The Morgan fingerprint density at radius 3 is 2.30 bits per heavy atom. The molecule has 1 fully saturated rings. The Hall–Kier alpha value is -4.25. The van der Waals surface area contributed by atoms with Crippen LogP contribution in [0.1, 0.15) is 44.6 Å². The summed E-state index contributed by atoms with van der Waals surface area (Å²) in [6.07, 6.45) is 5.05. The molecule has 0 spiro atoms. The van der Waals surface area contributed by atoms with Crippen molar-refractivity contribution in [2.24, 2.45) is 0 Å². The summed E-state index contributed by atoms with van der Waals surface area (Å²) in [6.45, 7) is 1.96. The van der Waals surface area contributed by atoms with E-state index in [1.165, 1.54) is 17.0 Å². The zero-order valence-electron chi connectivity index (χ0n) is 25.1. The van der Waals surface area contributed by atoms with E-state index in [2.05, 4.69) is 5.32 Å². The molecule has 234 valence electrons. The maximum Gasteiger partial charge on any atom is 0.264 e. The highest BCUT2D eigenvalue weighted by molar-refractivity contribution is 7.92. The molecular weight excluding hydrogens is 582 g/mol. The van der Waals surface area contributed by atoms with Gasteiger partial charge in [-0.15, -0.1) is 0 Å². The first-order valence-corrected chi connectivity index (χ1v) is 16.4. The molecule has 1 saturated carbocycles. The monoisotopic (exact) mass is 621 g/mol. The second-order valence-electron chi connectivity index (χ2n) is 11.0. The number of sulfonamides is 1. The van der Waals surface area contributed by atoms with Crippen molar-refractivity contribution < 1.29 is 32.2 Å². The number of carbonyl (C=O) groups is 2. The van der Waals surface area contributed by atoms with Crippen molar-refractivity contribution in [2.75, 3.05) is 31.2 Å². The van der Waals surface area contributed by atoms with Gasteiger partial charge >= 0.3 is 0 Å². The van der Waals surface area contributed by atoms with E-state index in [4.69, 9.17) is 14.2 Å². The fourth-order valence-corrected chi connectivity index (χ4v) is 6.94. The van der Waals surface area contributed by atoms with Gasteiger partial charge in [-0.25, -0.2) is 8.42 Å². The van der Waals surface area contributed by atoms with E-state index in [9.17, 15) is 18.0 Å². The van der Waals surface area contributed by atoms with Crippen molar-refractivity contribution in [3.63, 3.8) is 0 Å². The van der Waals surface area contributed by atoms with E-state index < -0.39 is 28.5 Å². The van der Waals surface area contributed by atoms with Gasteiger partial charge < -0.3 is 24.4 Å². The molecule has 3 aromatic rings. The van der Waals surface area contributed by atoms with E-state index >= 15 is 0 Å². The Balaban J connectivity index is 1.47. The lowest BCUT2D eigenvalue weighted by Gasteiger charge is -2.33. The van der Waals surface area contributed by atoms with E-state index in [1.54, 1.807) is 62.6 Å². The largest absolute Gasteiger partial charge is 0.497 e. The van der Waals surface area contributed by atoms with Gasteiger partial charge in [-0.3, -0.25) is 13.9 Å². The predicted octanol–water partition coefficient (Wildman–Crippen LogP) is 4.53. The summed E-state index contributed by atoms with van der Waals surface area (Å²) in [5.74, 6) is 0.757. The number of fused-ring (bicyclic) bond motifs is 1. The van der Waals surface area contributed by atoms with Gasteiger partial charge in [0.2, 0.25) is 11.8 Å². The van der Waals surface area contributed by atoms with Gasteiger partial charge in [0.05, 0.1) is 17.7 Å². The molecule has 0 radical (unpaired) electrons. The SMILES string of the molecule is COc1ccc(CN(C(=O)CN(c2ccc3c(c2)OCCO3)S(=O)(=O)c2ccccc2)[C@H](C)C(=O)NC2CCCCC2)cc1. The Bertz CT molecular complexity index is 1540. The van der Waals surface area contributed by atoms with Gasteiger partial charge in [-0.05, 0) is 61.7 Å². The molecule has 1 aliphatic heterocycles. The lowest BCUT2D eigenvalue weighted by molar-refractivity contribution is -0.139. The fraction of sp³-hybridized carbons (Fsp3) is 0.394. The van der Waals surface area contributed by atoms with Crippen molar-refractivity contribution in [3.05, 3.63) is 78.4 Å². The molecule has 5 rings (SSSR count). The minimum absolute atomic E-state index is 0.0347. The molecule has 0 saturated heterocycles. The van der Waals surface area contributed by atoms with Crippen LogP contribution >= 0.6 is 0 Å². The van der Waals surface area contributed by atoms with Gasteiger partial charge in [0.1, 0.15) is 31.5 Å². The zero-order chi connectivity index (χ0) is 31.1. The number of ether oxygens (including phenoxy) is 3. The summed E-state index contributed by atoms with van der Waals surface area (Å²) >= 11 is 0. The van der Waals surface area contributed by atoms with Crippen molar-refractivity contribution in [1.82, 2.24) is 10.2 Å². The first-order valence-electron chi connectivity index (χ1n) is 15.0. The third-order valence-electron chi connectivity index (χ3n) is 8.05. The van der Waals surface area contributed by atoms with Crippen molar-refractivity contribution >= 4 is 27.5 Å². The normalized spacial score (nSPS) is 15.6. The molecule has 1 heterocycles. The second kappa shape index (κ2) is 14.0. The van der Waals surface area contributed by atoms with E-state index in [-0.39, 0.29) is 29.1 Å². The van der Waals surface area contributed by atoms with Crippen LogP contribution in [0.25, 0.3) is 0 Å². The number of amides is 2. The minimum Gasteiger partial charge on any atom is -0.497 e. The summed E-state index contributed by atoms with van der Waals surface area (Å²) in [5.41, 5.74) is 1.02. The first kappa shape index (κ1) is 31.2. The topological polar surface area (TPSA) is 114 Å². The number of rotatable bonds is 11. The summed E-state index contributed by atoms with van der Waals surface area (Å²) < 4.78 is 45.8. The molecule has 10 nitrogen and oxygen atoms in total. The summed E-state index contributed by atoms with van der Waals surface area (Å²) in [6, 6.07) is 19.2. The Labute approximate surface area is 259 Å². The van der Waals surface area contributed by atoms with Crippen molar-refractivity contribution in [3.8, 4) is 17.2 Å². The molecule has 0 aromatic heterocycles. The van der Waals surface area contributed by atoms with Crippen LogP contribution in [0.3, 0.4) is 0 Å². The number of carbonyl (C=O) groups excluding carboxylic acids is 2. The average molecular weight is 622 g/mol. The van der Waals surface area contributed by atoms with Gasteiger partial charge in [-0.1, -0.05) is 49.6 Å². The predicted molar refractivity (Wildman–Crippen MR) is 166 cm³/mol. The van der Waals surface area contributed by atoms with Crippen LogP contribution in [0.5, 0.6) is 17.2 Å². The molecule has 1 aliphatic carbocycles. The quantitative estimate of drug-likeness (QED) is 0.335. The molecule has 3 aromatic carbocycles. The lowest BCUT2D eigenvalue weighted by Crippen LogP contribution is -2.53. The highest BCUT2D eigenvalue weighted by Crippen LogP contribution is 2.36. The smallest absolute Gasteiger partial charge is 0.264 e. The molecule has 44 heavy (non-hydrogen) atoms. The third-order valence-corrected chi connectivity index (χ3v) is 9.84. The highest BCUT2D eigenvalue weighted by atomic mass is 32.2. The number of nitrogens with zero attached hydrogens (tertiary/aromatic N) is 2. The molecule has 0 unspecified atom stereocenters. The van der Waals surface area contributed by atoms with Crippen LogP contribution in [0.4, 0.5) is 5.69 Å². The van der Waals surface area contributed by atoms with Crippen LogP contribution in [0.2, 0.25) is 0 Å². The standard InChI is InChI=1S/C33H39N3O7S/c1-24(33(38)34-26-9-5-3-6-10-26)35(22-25-13-16-28(41-2)17-14-25)32(37)23-36(44(39,40)29-11-7-4-8-12-29)27-15-18-30-31(21-27)43-20-19-42-30/h4,7-8,11-18,21,24,26H,3,5-6,9-10,19-20,22-23H2,1-2H3,(H,34,38)/t24-/m1/s1.